The van der Waals surface area contributed by atoms with Gasteiger partial charge in [0, 0.05) is 11.1 Å². The molecule has 0 unspecified atom stereocenters. The number of rotatable bonds is 3. The first kappa shape index (κ1) is 17.7. The lowest BCUT2D eigenvalue weighted by molar-refractivity contribution is -0.137. The second-order valence-electron chi connectivity index (χ2n) is 5.97. The molecule has 5 nitrogen and oxygen atoms in total. The Hall–Kier alpha value is -3.68. The number of halogens is 3. The number of hydrogen-bond donors (Lipinski definition) is 1. The molecule has 1 aliphatic heterocycles. The van der Waals surface area contributed by atoms with Gasteiger partial charge >= 0.3 is 6.18 Å². The molecular formula is C20H12F3N3O2. The maximum atomic E-state index is 12.8. The number of amides is 1. The average Bonchev–Trinajstić information content (AvgIpc) is 3.26. The molecule has 1 aliphatic rings. The van der Waals surface area contributed by atoms with Gasteiger partial charge in [-0.15, -0.1) is 5.10 Å². The monoisotopic (exact) mass is 383 g/mol. The lowest BCUT2D eigenvalue weighted by Gasteiger charge is -2.07. The number of fused-ring (bicyclic) bond motifs is 1. The molecule has 0 saturated carbocycles. The third kappa shape index (κ3) is 3.44. The number of carbonyl (C=O) groups is 1. The van der Waals surface area contributed by atoms with Crippen LogP contribution in [-0.4, -0.2) is 17.8 Å². The van der Waals surface area contributed by atoms with Crippen LogP contribution in [0, 0.1) is 0 Å². The van der Waals surface area contributed by atoms with E-state index < -0.39 is 11.7 Å². The molecule has 4 rings (SSSR count). The standard InChI is InChI=1S/C20H12F3N3O2/c21-20(22,23)13-5-3-4-12(10-13)17-9-8-14(28-17)11-24-26-18-15-6-1-2-7-16(15)25-19(18)27/h1-11H,(H,25,26,27). The van der Waals surface area contributed by atoms with E-state index in [1.54, 1.807) is 36.4 Å². The Morgan fingerprint density at radius 3 is 2.64 bits per heavy atom. The van der Waals surface area contributed by atoms with E-state index in [2.05, 4.69) is 15.5 Å². The molecule has 1 aromatic heterocycles. The van der Waals surface area contributed by atoms with E-state index in [0.717, 1.165) is 12.1 Å². The third-order valence-electron chi connectivity index (χ3n) is 4.09. The highest BCUT2D eigenvalue weighted by Crippen LogP contribution is 2.32. The fourth-order valence-electron chi connectivity index (χ4n) is 2.77. The van der Waals surface area contributed by atoms with E-state index >= 15 is 0 Å². The zero-order chi connectivity index (χ0) is 19.7. The van der Waals surface area contributed by atoms with Gasteiger partial charge in [0.25, 0.3) is 5.91 Å². The number of alkyl halides is 3. The lowest BCUT2D eigenvalue weighted by atomic mass is 10.1. The van der Waals surface area contributed by atoms with Crippen LogP contribution in [-0.2, 0) is 11.0 Å². The Balaban J connectivity index is 1.56. The van der Waals surface area contributed by atoms with Gasteiger partial charge < -0.3 is 9.73 Å². The number of anilines is 1. The number of furan rings is 1. The molecule has 0 fully saturated rings. The van der Waals surface area contributed by atoms with E-state index in [9.17, 15) is 18.0 Å². The lowest BCUT2D eigenvalue weighted by Crippen LogP contribution is -2.13. The van der Waals surface area contributed by atoms with Crippen molar-refractivity contribution in [3.8, 4) is 11.3 Å². The van der Waals surface area contributed by atoms with Crippen molar-refractivity contribution in [3.05, 3.63) is 77.6 Å². The molecule has 1 amide bonds. The number of para-hydroxylation sites is 1. The fourth-order valence-corrected chi connectivity index (χ4v) is 2.77. The van der Waals surface area contributed by atoms with E-state index in [0.29, 0.717) is 22.6 Å². The van der Waals surface area contributed by atoms with Gasteiger partial charge in [-0.25, -0.2) is 0 Å². The van der Waals surface area contributed by atoms with Crippen LogP contribution in [0.5, 0.6) is 0 Å². The molecule has 3 aromatic rings. The summed E-state index contributed by atoms with van der Waals surface area (Å²) in [5.41, 5.74) is 1.02. The van der Waals surface area contributed by atoms with Gasteiger partial charge in [0.2, 0.25) is 0 Å². The molecule has 0 saturated heterocycles. The molecule has 0 radical (unpaired) electrons. The summed E-state index contributed by atoms with van der Waals surface area (Å²) in [6.45, 7) is 0. The number of hydrogen-bond acceptors (Lipinski definition) is 4. The van der Waals surface area contributed by atoms with Crippen molar-refractivity contribution in [1.82, 2.24) is 0 Å². The van der Waals surface area contributed by atoms with Crippen LogP contribution in [0.3, 0.4) is 0 Å². The van der Waals surface area contributed by atoms with Gasteiger partial charge in [-0.2, -0.15) is 18.3 Å². The number of nitrogens with zero attached hydrogens (tertiary/aromatic N) is 2. The van der Waals surface area contributed by atoms with Gasteiger partial charge in [-0.05, 0) is 30.3 Å². The second kappa shape index (κ2) is 6.80. The van der Waals surface area contributed by atoms with Crippen LogP contribution < -0.4 is 5.32 Å². The van der Waals surface area contributed by atoms with Crippen LogP contribution in [0.2, 0.25) is 0 Å². The topological polar surface area (TPSA) is 67.0 Å². The molecule has 2 heterocycles. The van der Waals surface area contributed by atoms with Crippen molar-refractivity contribution in [2.45, 2.75) is 6.18 Å². The number of carbonyl (C=O) groups excluding carboxylic acids is 1. The van der Waals surface area contributed by atoms with Crippen molar-refractivity contribution in [2.24, 2.45) is 10.2 Å². The maximum Gasteiger partial charge on any atom is 0.416 e. The molecule has 0 atom stereocenters. The quantitative estimate of drug-likeness (QED) is 0.524. The summed E-state index contributed by atoms with van der Waals surface area (Å²) in [4.78, 5) is 11.9. The summed E-state index contributed by atoms with van der Waals surface area (Å²) < 4.78 is 44.0. The van der Waals surface area contributed by atoms with Gasteiger partial charge in [-0.3, -0.25) is 4.79 Å². The van der Waals surface area contributed by atoms with E-state index in [-0.39, 0.29) is 17.4 Å². The first-order valence-corrected chi connectivity index (χ1v) is 8.21. The summed E-state index contributed by atoms with van der Waals surface area (Å²) in [6, 6.07) is 15.0. The Bertz CT molecular complexity index is 1110. The maximum absolute atomic E-state index is 12.8. The highest BCUT2D eigenvalue weighted by Gasteiger charge is 2.30. The zero-order valence-electron chi connectivity index (χ0n) is 14.2. The Morgan fingerprint density at radius 1 is 1.00 bits per heavy atom. The minimum Gasteiger partial charge on any atom is -0.455 e. The van der Waals surface area contributed by atoms with E-state index in [1.165, 1.54) is 18.3 Å². The molecule has 1 N–H and O–H groups in total. The molecule has 0 aliphatic carbocycles. The van der Waals surface area contributed by atoms with E-state index in [4.69, 9.17) is 4.42 Å². The van der Waals surface area contributed by atoms with Crippen molar-refractivity contribution < 1.29 is 22.4 Å². The molecule has 2 aromatic carbocycles. The molecular weight excluding hydrogens is 371 g/mol. The predicted octanol–water partition coefficient (Wildman–Crippen LogP) is 4.74. The summed E-state index contributed by atoms with van der Waals surface area (Å²) in [5, 5.41) is 10.5. The number of benzene rings is 2. The third-order valence-corrected chi connectivity index (χ3v) is 4.09. The SMILES string of the molecule is O=C1Nc2ccccc2C1=NN=Cc1ccc(-c2cccc(C(F)(F)F)c2)o1. The normalized spacial score (nSPS) is 15.2. The van der Waals surface area contributed by atoms with Gasteiger partial charge in [0.05, 0.1) is 17.5 Å². The Kier molecular flexibility index (Phi) is 4.31. The first-order valence-electron chi connectivity index (χ1n) is 8.21. The minimum absolute atomic E-state index is 0.177. The van der Waals surface area contributed by atoms with Crippen LogP contribution in [0.25, 0.3) is 11.3 Å². The summed E-state index contributed by atoms with van der Waals surface area (Å²) in [5.74, 6) is 0.204. The fraction of sp³-hybridized carbons (Fsp3) is 0.0500. The second-order valence-corrected chi connectivity index (χ2v) is 5.97. The number of nitrogens with one attached hydrogen (secondary N) is 1. The summed E-state index contributed by atoms with van der Waals surface area (Å²) in [6.07, 6.45) is -3.14. The van der Waals surface area contributed by atoms with Crippen molar-refractivity contribution in [3.63, 3.8) is 0 Å². The largest absolute Gasteiger partial charge is 0.455 e. The Labute approximate surface area is 157 Å². The molecule has 8 heteroatoms. The summed E-state index contributed by atoms with van der Waals surface area (Å²) >= 11 is 0. The zero-order valence-corrected chi connectivity index (χ0v) is 14.2. The van der Waals surface area contributed by atoms with Crippen LogP contribution in [0.4, 0.5) is 18.9 Å². The predicted molar refractivity (Wildman–Crippen MR) is 98.3 cm³/mol. The highest BCUT2D eigenvalue weighted by atomic mass is 19.4. The molecule has 0 bridgehead atoms. The first-order chi connectivity index (χ1) is 13.4. The molecule has 0 spiro atoms. The van der Waals surface area contributed by atoms with Gasteiger partial charge in [0.1, 0.15) is 11.5 Å². The van der Waals surface area contributed by atoms with Crippen LogP contribution >= 0.6 is 0 Å². The van der Waals surface area contributed by atoms with Gasteiger partial charge in [0.15, 0.2) is 5.71 Å². The minimum atomic E-state index is -4.43. The molecule has 28 heavy (non-hydrogen) atoms. The van der Waals surface area contributed by atoms with Crippen molar-refractivity contribution in [1.29, 1.82) is 0 Å². The summed E-state index contributed by atoms with van der Waals surface area (Å²) in [7, 11) is 0. The van der Waals surface area contributed by atoms with Crippen LogP contribution in [0.1, 0.15) is 16.9 Å². The molecule has 140 valence electrons. The van der Waals surface area contributed by atoms with E-state index in [1.807, 2.05) is 0 Å². The van der Waals surface area contributed by atoms with Gasteiger partial charge in [-0.1, -0.05) is 30.3 Å². The smallest absolute Gasteiger partial charge is 0.416 e. The van der Waals surface area contributed by atoms with Crippen molar-refractivity contribution >= 4 is 23.5 Å². The van der Waals surface area contributed by atoms with Crippen LogP contribution in [0.15, 0.2) is 75.3 Å². The van der Waals surface area contributed by atoms with Crippen molar-refractivity contribution in [2.75, 3.05) is 5.32 Å². The average molecular weight is 383 g/mol. The highest BCUT2D eigenvalue weighted by molar-refractivity contribution is 6.53. The Morgan fingerprint density at radius 2 is 1.82 bits per heavy atom.